The van der Waals surface area contributed by atoms with Crippen LogP contribution in [-0.2, 0) is 4.74 Å². The summed E-state index contributed by atoms with van der Waals surface area (Å²) in [5.74, 6) is 1.33. The first-order valence-electron chi connectivity index (χ1n) is 7.37. The van der Waals surface area contributed by atoms with Crippen molar-refractivity contribution in [3.8, 4) is 0 Å². The lowest BCUT2D eigenvalue weighted by Crippen LogP contribution is -2.39. The number of nitrogens with one attached hydrogen (secondary N) is 2. The van der Waals surface area contributed by atoms with Gasteiger partial charge in [0.1, 0.15) is 0 Å². The number of nitrogens with zero attached hydrogens (tertiary/aromatic N) is 1. The molecule has 0 heterocycles. The first-order chi connectivity index (χ1) is 9.81. The molecule has 112 valence electrons. The summed E-state index contributed by atoms with van der Waals surface area (Å²) in [5, 5.41) is 6.52. The molecule has 1 atom stereocenters. The number of guanidine groups is 1. The second kappa shape index (κ2) is 10.3. The lowest BCUT2D eigenvalue weighted by molar-refractivity contribution is 0.203. The van der Waals surface area contributed by atoms with Crippen LogP contribution in [0.1, 0.15) is 31.7 Å². The van der Waals surface area contributed by atoms with E-state index in [9.17, 15) is 0 Å². The van der Waals surface area contributed by atoms with Crippen LogP contribution in [0.3, 0.4) is 0 Å². The van der Waals surface area contributed by atoms with Crippen molar-refractivity contribution in [3.05, 3.63) is 35.9 Å². The van der Waals surface area contributed by atoms with Crippen molar-refractivity contribution in [2.24, 2.45) is 4.99 Å². The van der Waals surface area contributed by atoms with E-state index in [0.29, 0.717) is 12.5 Å². The van der Waals surface area contributed by atoms with Gasteiger partial charge in [-0.3, -0.25) is 4.99 Å². The summed E-state index contributed by atoms with van der Waals surface area (Å²) in [5.41, 5.74) is 1.35. The molecule has 2 N–H and O–H groups in total. The van der Waals surface area contributed by atoms with Gasteiger partial charge in [0.05, 0.1) is 6.61 Å². The van der Waals surface area contributed by atoms with Crippen molar-refractivity contribution in [1.82, 2.24) is 10.6 Å². The Morgan fingerprint density at radius 2 is 1.95 bits per heavy atom. The lowest BCUT2D eigenvalue weighted by atomic mass is 9.97. The summed E-state index contributed by atoms with van der Waals surface area (Å²) in [6.45, 7) is 7.38. The van der Waals surface area contributed by atoms with E-state index in [1.54, 1.807) is 7.11 Å². The highest BCUT2D eigenvalue weighted by atomic mass is 16.5. The van der Waals surface area contributed by atoms with Crippen molar-refractivity contribution >= 4 is 5.96 Å². The van der Waals surface area contributed by atoms with Crippen LogP contribution in [0.15, 0.2) is 35.3 Å². The second-order valence-corrected chi connectivity index (χ2v) is 4.66. The monoisotopic (exact) mass is 277 g/mol. The average Bonchev–Trinajstić information content (AvgIpc) is 2.49. The summed E-state index contributed by atoms with van der Waals surface area (Å²) < 4.78 is 5.04. The number of hydrogen-bond acceptors (Lipinski definition) is 2. The fourth-order valence-corrected chi connectivity index (χ4v) is 2.01. The van der Waals surface area contributed by atoms with Crippen molar-refractivity contribution in [2.75, 3.05) is 33.4 Å². The van der Waals surface area contributed by atoms with E-state index in [1.165, 1.54) is 5.56 Å². The molecule has 0 bridgehead atoms. The Morgan fingerprint density at radius 3 is 2.55 bits per heavy atom. The normalized spacial score (nSPS) is 13.1. The van der Waals surface area contributed by atoms with Crippen molar-refractivity contribution in [1.29, 1.82) is 0 Å². The maximum Gasteiger partial charge on any atom is 0.191 e. The fourth-order valence-electron chi connectivity index (χ4n) is 2.01. The van der Waals surface area contributed by atoms with Crippen LogP contribution in [0.2, 0.25) is 0 Å². The highest BCUT2D eigenvalue weighted by Gasteiger charge is 2.08. The van der Waals surface area contributed by atoms with Gasteiger partial charge in [0.25, 0.3) is 0 Å². The topological polar surface area (TPSA) is 45.7 Å². The minimum atomic E-state index is 0.467. The smallest absolute Gasteiger partial charge is 0.191 e. The zero-order valence-corrected chi connectivity index (χ0v) is 12.9. The van der Waals surface area contributed by atoms with Gasteiger partial charge < -0.3 is 15.4 Å². The lowest BCUT2D eigenvalue weighted by Gasteiger charge is -2.15. The number of ether oxygens (including phenoxy) is 1. The first kappa shape index (κ1) is 16.5. The number of methoxy groups -OCH3 is 1. The number of aliphatic imine (C=N–C) groups is 1. The van der Waals surface area contributed by atoms with Crippen molar-refractivity contribution in [2.45, 2.75) is 26.2 Å². The Hall–Kier alpha value is -1.55. The van der Waals surface area contributed by atoms with Crippen LogP contribution in [0.5, 0.6) is 0 Å². The van der Waals surface area contributed by atoms with Crippen LogP contribution < -0.4 is 10.6 Å². The average molecular weight is 277 g/mol. The van der Waals surface area contributed by atoms with Gasteiger partial charge in [-0.2, -0.15) is 0 Å². The molecule has 0 amide bonds. The molecule has 1 rings (SSSR count). The van der Waals surface area contributed by atoms with Gasteiger partial charge in [-0.1, -0.05) is 37.3 Å². The van der Waals surface area contributed by atoms with Gasteiger partial charge in [0.15, 0.2) is 5.96 Å². The SMILES string of the molecule is CCNC(=NCC(CC)c1ccccc1)NCCOC. The Balaban J connectivity index is 2.59. The molecule has 1 unspecified atom stereocenters. The zero-order chi connectivity index (χ0) is 14.6. The van der Waals surface area contributed by atoms with E-state index in [-0.39, 0.29) is 0 Å². The van der Waals surface area contributed by atoms with E-state index < -0.39 is 0 Å². The molecule has 1 aromatic carbocycles. The number of hydrogen-bond donors (Lipinski definition) is 2. The summed E-state index contributed by atoms with van der Waals surface area (Å²) >= 11 is 0. The molecule has 0 saturated carbocycles. The molecule has 4 heteroatoms. The van der Waals surface area contributed by atoms with Crippen molar-refractivity contribution < 1.29 is 4.74 Å². The molecule has 0 radical (unpaired) electrons. The third kappa shape index (κ3) is 6.06. The molecule has 0 spiro atoms. The summed E-state index contributed by atoms with van der Waals surface area (Å²) in [6, 6.07) is 10.6. The molecular formula is C16H27N3O. The molecule has 0 aliphatic heterocycles. The summed E-state index contributed by atoms with van der Waals surface area (Å²) in [4.78, 5) is 4.67. The largest absolute Gasteiger partial charge is 0.383 e. The van der Waals surface area contributed by atoms with Crippen LogP contribution >= 0.6 is 0 Å². The Morgan fingerprint density at radius 1 is 1.20 bits per heavy atom. The molecule has 0 fully saturated rings. The van der Waals surface area contributed by atoms with E-state index >= 15 is 0 Å². The summed E-state index contributed by atoms with van der Waals surface area (Å²) in [6.07, 6.45) is 1.09. The third-order valence-corrected chi connectivity index (χ3v) is 3.18. The van der Waals surface area contributed by atoms with Crippen LogP contribution in [0.25, 0.3) is 0 Å². The molecule has 1 aromatic rings. The van der Waals surface area contributed by atoms with E-state index in [4.69, 9.17) is 4.74 Å². The van der Waals surface area contributed by atoms with Gasteiger partial charge in [-0.15, -0.1) is 0 Å². The minimum absolute atomic E-state index is 0.467. The second-order valence-electron chi connectivity index (χ2n) is 4.66. The van der Waals surface area contributed by atoms with E-state index in [0.717, 1.165) is 32.0 Å². The maximum atomic E-state index is 5.04. The predicted octanol–water partition coefficient (Wildman–Crippen LogP) is 2.38. The molecule has 0 aliphatic carbocycles. The first-order valence-corrected chi connectivity index (χ1v) is 7.37. The maximum absolute atomic E-state index is 5.04. The minimum Gasteiger partial charge on any atom is -0.383 e. The molecule has 0 aromatic heterocycles. The molecule has 20 heavy (non-hydrogen) atoms. The Labute approximate surface area is 122 Å². The number of benzene rings is 1. The fraction of sp³-hybridized carbons (Fsp3) is 0.562. The third-order valence-electron chi connectivity index (χ3n) is 3.18. The predicted molar refractivity (Wildman–Crippen MR) is 85.3 cm³/mol. The van der Waals surface area contributed by atoms with Gasteiger partial charge in [-0.05, 0) is 18.9 Å². The molecular weight excluding hydrogens is 250 g/mol. The van der Waals surface area contributed by atoms with Gasteiger partial charge >= 0.3 is 0 Å². The highest BCUT2D eigenvalue weighted by Crippen LogP contribution is 2.19. The Kier molecular flexibility index (Phi) is 8.47. The quantitative estimate of drug-likeness (QED) is 0.436. The highest BCUT2D eigenvalue weighted by molar-refractivity contribution is 5.79. The molecule has 0 saturated heterocycles. The van der Waals surface area contributed by atoms with Crippen LogP contribution in [0.4, 0.5) is 0 Å². The number of rotatable bonds is 8. The van der Waals surface area contributed by atoms with E-state index in [2.05, 4.69) is 59.8 Å². The molecule has 0 aliphatic rings. The van der Waals surface area contributed by atoms with Crippen LogP contribution in [0, 0.1) is 0 Å². The molecule has 4 nitrogen and oxygen atoms in total. The van der Waals surface area contributed by atoms with Gasteiger partial charge in [0.2, 0.25) is 0 Å². The standard InChI is InChI=1S/C16H27N3O/c1-4-14(15-9-7-6-8-10-15)13-19-16(17-5-2)18-11-12-20-3/h6-10,14H,4-5,11-13H2,1-3H3,(H2,17,18,19). The van der Waals surface area contributed by atoms with Crippen molar-refractivity contribution in [3.63, 3.8) is 0 Å². The van der Waals surface area contributed by atoms with E-state index in [1.807, 2.05) is 0 Å². The van der Waals surface area contributed by atoms with Gasteiger partial charge in [-0.25, -0.2) is 0 Å². The zero-order valence-electron chi connectivity index (χ0n) is 12.9. The van der Waals surface area contributed by atoms with Crippen LogP contribution in [-0.4, -0.2) is 39.3 Å². The summed E-state index contributed by atoms with van der Waals surface area (Å²) in [7, 11) is 1.70. The Bertz CT molecular complexity index is 379. The van der Waals surface area contributed by atoms with Gasteiger partial charge in [0, 0.05) is 32.7 Å².